The predicted molar refractivity (Wildman–Crippen MR) is 117 cm³/mol. The Balaban J connectivity index is 1.38. The molecule has 0 radical (unpaired) electrons. The van der Waals surface area contributed by atoms with E-state index < -0.39 is 0 Å². The van der Waals surface area contributed by atoms with E-state index >= 15 is 0 Å². The molecule has 0 saturated carbocycles. The molecular weight excluding hydrogens is 364 g/mol. The van der Waals surface area contributed by atoms with Gasteiger partial charge in [0.2, 0.25) is 0 Å². The van der Waals surface area contributed by atoms with Crippen molar-refractivity contribution in [3.05, 3.63) is 53.6 Å². The van der Waals surface area contributed by atoms with Crippen molar-refractivity contribution in [2.24, 2.45) is 4.99 Å². The molecule has 0 amide bonds. The number of nitrogens with zero attached hydrogens (tertiary/aromatic N) is 2. The zero-order valence-electron chi connectivity index (χ0n) is 17.4. The van der Waals surface area contributed by atoms with Crippen LogP contribution in [-0.2, 0) is 6.42 Å². The minimum absolute atomic E-state index is 0.168. The number of Topliss-reactive ketones (excluding diaryl/α,β-unsaturated/α-hetero) is 1. The SMILES string of the molecule is CCOc1ccccc1CCN(C)CCCCC(=O)c1ccc2c(c1)N=CCO2. The highest BCUT2D eigenvalue weighted by Crippen LogP contribution is 2.30. The highest BCUT2D eigenvalue weighted by molar-refractivity contribution is 5.97. The van der Waals surface area contributed by atoms with Gasteiger partial charge in [0.1, 0.15) is 23.8 Å². The van der Waals surface area contributed by atoms with Crippen LogP contribution in [-0.4, -0.2) is 50.2 Å². The molecule has 0 fully saturated rings. The minimum atomic E-state index is 0.168. The van der Waals surface area contributed by atoms with Crippen LogP contribution >= 0.6 is 0 Å². The first-order valence-corrected chi connectivity index (χ1v) is 10.4. The van der Waals surface area contributed by atoms with E-state index in [1.54, 1.807) is 6.21 Å². The third-order valence-electron chi connectivity index (χ3n) is 5.05. The fraction of sp³-hybridized carbons (Fsp3) is 0.417. The van der Waals surface area contributed by atoms with Crippen LogP contribution in [0.2, 0.25) is 0 Å². The summed E-state index contributed by atoms with van der Waals surface area (Å²) in [6.45, 7) is 5.14. The second-order valence-electron chi connectivity index (χ2n) is 7.28. The molecule has 1 heterocycles. The van der Waals surface area contributed by atoms with Crippen molar-refractivity contribution >= 4 is 17.7 Å². The third-order valence-corrected chi connectivity index (χ3v) is 5.05. The molecule has 5 heteroatoms. The van der Waals surface area contributed by atoms with Crippen LogP contribution in [0, 0.1) is 0 Å². The summed E-state index contributed by atoms with van der Waals surface area (Å²) in [5.74, 6) is 1.90. The number of ether oxygens (including phenoxy) is 2. The highest BCUT2D eigenvalue weighted by Gasteiger charge is 2.12. The van der Waals surface area contributed by atoms with Crippen LogP contribution in [0.25, 0.3) is 0 Å². The summed E-state index contributed by atoms with van der Waals surface area (Å²) in [6.07, 6.45) is 5.13. The molecule has 2 aromatic rings. The van der Waals surface area contributed by atoms with Gasteiger partial charge in [-0.1, -0.05) is 18.2 Å². The average Bonchev–Trinajstić information content (AvgIpc) is 2.76. The molecule has 29 heavy (non-hydrogen) atoms. The lowest BCUT2D eigenvalue weighted by Crippen LogP contribution is -2.22. The van der Waals surface area contributed by atoms with E-state index in [2.05, 4.69) is 29.1 Å². The van der Waals surface area contributed by atoms with E-state index in [1.165, 1.54) is 5.56 Å². The van der Waals surface area contributed by atoms with Gasteiger partial charge in [0.05, 0.1) is 6.61 Å². The summed E-state index contributed by atoms with van der Waals surface area (Å²) in [5, 5.41) is 0. The Hall–Kier alpha value is -2.66. The first kappa shape index (κ1) is 21.1. The number of fused-ring (bicyclic) bond motifs is 1. The van der Waals surface area contributed by atoms with Gasteiger partial charge in [-0.2, -0.15) is 0 Å². The Morgan fingerprint density at radius 3 is 2.90 bits per heavy atom. The average molecular weight is 395 g/mol. The van der Waals surface area contributed by atoms with E-state index in [4.69, 9.17) is 9.47 Å². The first-order valence-electron chi connectivity index (χ1n) is 10.4. The van der Waals surface area contributed by atoms with Gasteiger partial charge in [0.25, 0.3) is 0 Å². The van der Waals surface area contributed by atoms with E-state index in [0.717, 1.165) is 49.5 Å². The summed E-state index contributed by atoms with van der Waals surface area (Å²) in [7, 11) is 2.13. The van der Waals surface area contributed by atoms with Crippen molar-refractivity contribution < 1.29 is 14.3 Å². The number of unbranched alkanes of at least 4 members (excludes halogenated alkanes) is 1. The normalized spacial score (nSPS) is 12.5. The zero-order valence-corrected chi connectivity index (χ0v) is 17.4. The molecule has 0 unspecified atom stereocenters. The number of hydrogen-bond donors (Lipinski definition) is 0. The second-order valence-corrected chi connectivity index (χ2v) is 7.28. The van der Waals surface area contributed by atoms with E-state index in [-0.39, 0.29) is 5.78 Å². The van der Waals surface area contributed by atoms with Crippen LogP contribution in [0.3, 0.4) is 0 Å². The molecule has 0 bridgehead atoms. The molecule has 0 aromatic heterocycles. The molecular formula is C24H30N2O3. The van der Waals surface area contributed by atoms with Gasteiger partial charge in [0.15, 0.2) is 5.78 Å². The van der Waals surface area contributed by atoms with Gasteiger partial charge in [0, 0.05) is 24.7 Å². The molecule has 0 atom stereocenters. The Morgan fingerprint density at radius 2 is 2.03 bits per heavy atom. The molecule has 1 aliphatic heterocycles. The van der Waals surface area contributed by atoms with Crippen LogP contribution in [0.15, 0.2) is 47.5 Å². The molecule has 0 aliphatic carbocycles. The summed E-state index contributed by atoms with van der Waals surface area (Å²) in [4.78, 5) is 19.1. The van der Waals surface area contributed by atoms with Gasteiger partial charge in [-0.05, 0) is 69.6 Å². The quantitative estimate of drug-likeness (QED) is 0.409. The van der Waals surface area contributed by atoms with Crippen molar-refractivity contribution in [3.63, 3.8) is 0 Å². The Labute approximate surface area is 173 Å². The summed E-state index contributed by atoms with van der Waals surface area (Å²) in [6, 6.07) is 13.7. The number of aliphatic imine (C=N–C) groups is 1. The topological polar surface area (TPSA) is 51.1 Å². The highest BCUT2D eigenvalue weighted by atomic mass is 16.5. The number of para-hydroxylation sites is 1. The summed E-state index contributed by atoms with van der Waals surface area (Å²) in [5.41, 5.74) is 2.71. The van der Waals surface area contributed by atoms with Gasteiger partial charge < -0.3 is 14.4 Å². The van der Waals surface area contributed by atoms with E-state index in [0.29, 0.717) is 25.2 Å². The maximum atomic E-state index is 12.5. The predicted octanol–water partition coefficient (Wildman–Crippen LogP) is 4.71. The van der Waals surface area contributed by atoms with Gasteiger partial charge in [-0.3, -0.25) is 9.79 Å². The smallest absolute Gasteiger partial charge is 0.162 e. The standard InChI is InChI=1S/C24H30N2O3/c1-3-28-23-10-5-4-8-19(23)13-16-26(2)15-7-6-9-22(27)20-11-12-24-21(18-20)25-14-17-29-24/h4-5,8,10-12,14,18H,3,6-7,9,13,15-17H2,1-2H3. The fourth-order valence-electron chi connectivity index (χ4n) is 3.42. The molecule has 3 rings (SSSR count). The van der Waals surface area contributed by atoms with Gasteiger partial charge in [-0.25, -0.2) is 0 Å². The minimum Gasteiger partial charge on any atom is -0.494 e. The molecule has 0 spiro atoms. The molecule has 5 nitrogen and oxygen atoms in total. The van der Waals surface area contributed by atoms with Crippen LogP contribution in [0.5, 0.6) is 11.5 Å². The lowest BCUT2D eigenvalue weighted by atomic mass is 10.0. The Morgan fingerprint density at radius 1 is 1.17 bits per heavy atom. The Kier molecular flexibility index (Phi) is 7.82. The van der Waals surface area contributed by atoms with Crippen molar-refractivity contribution in [3.8, 4) is 11.5 Å². The Bertz CT molecular complexity index is 848. The summed E-state index contributed by atoms with van der Waals surface area (Å²) < 4.78 is 11.2. The van der Waals surface area contributed by atoms with Crippen molar-refractivity contribution in [1.82, 2.24) is 4.90 Å². The first-order chi connectivity index (χ1) is 14.2. The second kappa shape index (κ2) is 10.8. The molecule has 154 valence electrons. The molecule has 2 aromatic carbocycles. The largest absolute Gasteiger partial charge is 0.494 e. The monoisotopic (exact) mass is 394 g/mol. The van der Waals surface area contributed by atoms with Gasteiger partial charge >= 0.3 is 0 Å². The van der Waals surface area contributed by atoms with E-state index in [9.17, 15) is 4.79 Å². The number of hydrogen-bond acceptors (Lipinski definition) is 5. The van der Waals surface area contributed by atoms with Crippen LogP contribution in [0.1, 0.15) is 42.1 Å². The maximum Gasteiger partial charge on any atom is 0.162 e. The fourth-order valence-corrected chi connectivity index (χ4v) is 3.42. The number of benzene rings is 2. The van der Waals surface area contributed by atoms with Crippen molar-refractivity contribution in [2.45, 2.75) is 32.6 Å². The number of rotatable bonds is 11. The number of likely N-dealkylation sites (N-methyl/N-ethyl adjacent to an activating group) is 1. The maximum absolute atomic E-state index is 12.5. The zero-order chi connectivity index (χ0) is 20.5. The van der Waals surface area contributed by atoms with Crippen molar-refractivity contribution in [2.75, 3.05) is 33.4 Å². The van der Waals surface area contributed by atoms with Crippen molar-refractivity contribution in [1.29, 1.82) is 0 Å². The van der Waals surface area contributed by atoms with Gasteiger partial charge in [-0.15, -0.1) is 0 Å². The van der Waals surface area contributed by atoms with Crippen LogP contribution < -0.4 is 9.47 Å². The summed E-state index contributed by atoms with van der Waals surface area (Å²) >= 11 is 0. The van der Waals surface area contributed by atoms with E-state index in [1.807, 2.05) is 37.3 Å². The third kappa shape index (κ3) is 6.16. The molecule has 1 aliphatic rings. The lowest BCUT2D eigenvalue weighted by Gasteiger charge is -2.17. The number of ketones is 1. The molecule has 0 saturated heterocycles. The molecule has 0 N–H and O–H groups in total. The lowest BCUT2D eigenvalue weighted by molar-refractivity contribution is 0.0978. The number of carbonyl (C=O) groups excluding carboxylic acids is 1. The van der Waals surface area contributed by atoms with Crippen LogP contribution in [0.4, 0.5) is 5.69 Å². The number of carbonyl (C=O) groups is 1.